The highest BCUT2D eigenvalue weighted by molar-refractivity contribution is 5.49. The van der Waals surface area contributed by atoms with E-state index in [1.165, 1.54) is 56.1 Å². The Kier molecular flexibility index (Phi) is 8.42. The summed E-state index contributed by atoms with van der Waals surface area (Å²) in [5.74, 6) is 0.572. The number of alkyl halides is 1. The van der Waals surface area contributed by atoms with Crippen LogP contribution in [0.5, 0.6) is 0 Å². The molecule has 0 radical (unpaired) electrons. The van der Waals surface area contributed by atoms with Crippen molar-refractivity contribution in [2.75, 3.05) is 0 Å². The standard InChI is InChI=1S/C22H33F/c1-2-3-4-5-6-7-8-9-10-19-11-13-20(14-12-19)21-15-17-22(23)18-16-21/h9-14,21-22H,2-8,15-18H2,1H3. The van der Waals surface area contributed by atoms with Gasteiger partial charge in [0.05, 0.1) is 0 Å². The molecule has 1 heteroatoms. The van der Waals surface area contributed by atoms with Gasteiger partial charge in [0.15, 0.2) is 0 Å². The van der Waals surface area contributed by atoms with Crippen LogP contribution >= 0.6 is 0 Å². The Morgan fingerprint density at radius 3 is 2.26 bits per heavy atom. The zero-order chi connectivity index (χ0) is 16.3. The highest BCUT2D eigenvalue weighted by Gasteiger charge is 2.21. The van der Waals surface area contributed by atoms with Crippen molar-refractivity contribution in [1.29, 1.82) is 0 Å². The molecule has 0 saturated heterocycles. The van der Waals surface area contributed by atoms with Gasteiger partial charge in [-0.1, -0.05) is 75.4 Å². The fourth-order valence-electron chi connectivity index (χ4n) is 3.53. The molecule has 0 atom stereocenters. The van der Waals surface area contributed by atoms with Gasteiger partial charge >= 0.3 is 0 Å². The third kappa shape index (κ3) is 6.89. The largest absolute Gasteiger partial charge is 0.247 e. The van der Waals surface area contributed by atoms with E-state index in [4.69, 9.17) is 0 Å². The lowest BCUT2D eigenvalue weighted by molar-refractivity contribution is 0.235. The summed E-state index contributed by atoms with van der Waals surface area (Å²) < 4.78 is 13.2. The molecule has 0 nitrogen and oxygen atoms in total. The number of unbranched alkanes of at least 4 members (excludes halogenated alkanes) is 6. The van der Waals surface area contributed by atoms with Gasteiger partial charge in [-0.25, -0.2) is 4.39 Å². The van der Waals surface area contributed by atoms with Crippen molar-refractivity contribution in [2.24, 2.45) is 0 Å². The molecule has 1 fully saturated rings. The molecule has 0 aliphatic heterocycles. The summed E-state index contributed by atoms with van der Waals surface area (Å²) in [7, 11) is 0. The van der Waals surface area contributed by atoms with Gasteiger partial charge in [-0.2, -0.15) is 0 Å². The summed E-state index contributed by atoms with van der Waals surface area (Å²) in [5, 5.41) is 0. The van der Waals surface area contributed by atoms with E-state index in [2.05, 4.69) is 43.3 Å². The molecule has 1 aromatic rings. The van der Waals surface area contributed by atoms with Crippen molar-refractivity contribution in [2.45, 2.75) is 89.6 Å². The molecule has 1 aromatic carbocycles. The number of benzene rings is 1. The highest BCUT2D eigenvalue weighted by Crippen LogP contribution is 2.34. The first-order valence-corrected chi connectivity index (χ1v) is 9.70. The van der Waals surface area contributed by atoms with E-state index >= 15 is 0 Å². The average molecular weight is 317 g/mol. The van der Waals surface area contributed by atoms with Gasteiger partial charge < -0.3 is 0 Å². The Balaban J connectivity index is 1.67. The maximum absolute atomic E-state index is 13.2. The van der Waals surface area contributed by atoms with Crippen LogP contribution in [0.1, 0.15) is 94.6 Å². The van der Waals surface area contributed by atoms with E-state index < -0.39 is 6.17 Å². The monoisotopic (exact) mass is 316 g/mol. The molecule has 0 spiro atoms. The molecule has 0 amide bonds. The lowest BCUT2D eigenvalue weighted by Crippen LogP contribution is -2.13. The first-order valence-electron chi connectivity index (χ1n) is 9.70. The smallest absolute Gasteiger partial charge is 0.100 e. The molecule has 128 valence electrons. The lowest BCUT2D eigenvalue weighted by Gasteiger charge is -2.24. The van der Waals surface area contributed by atoms with Gasteiger partial charge in [0.25, 0.3) is 0 Å². The molecule has 0 aromatic heterocycles. The number of halogens is 1. The van der Waals surface area contributed by atoms with Gasteiger partial charge in [0.2, 0.25) is 0 Å². The second-order valence-corrected chi connectivity index (χ2v) is 7.07. The molecule has 1 saturated carbocycles. The Morgan fingerprint density at radius 1 is 0.913 bits per heavy atom. The topological polar surface area (TPSA) is 0 Å². The van der Waals surface area contributed by atoms with E-state index in [1.54, 1.807) is 0 Å². The lowest BCUT2D eigenvalue weighted by atomic mass is 9.83. The third-order valence-corrected chi connectivity index (χ3v) is 5.10. The fraction of sp³-hybridized carbons (Fsp3) is 0.636. The molecule has 2 rings (SSSR count). The normalized spacial score (nSPS) is 21.8. The Hall–Kier alpha value is -1.11. The summed E-state index contributed by atoms with van der Waals surface area (Å²) in [6.07, 6.45) is 16.8. The summed E-state index contributed by atoms with van der Waals surface area (Å²) in [5.41, 5.74) is 2.68. The summed E-state index contributed by atoms with van der Waals surface area (Å²) in [6.45, 7) is 2.26. The molecule has 0 unspecified atom stereocenters. The maximum atomic E-state index is 13.2. The van der Waals surface area contributed by atoms with Gasteiger partial charge in [-0.15, -0.1) is 0 Å². The number of rotatable bonds is 9. The first kappa shape index (κ1) is 18.2. The van der Waals surface area contributed by atoms with Gasteiger partial charge in [-0.3, -0.25) is 0 Å². The minimum Gasteiger partial charge on any atom is -0.247 e. The van der Waals surface area contributed by atoms with Gasteiger partial charge in [-0.05, 0) is 55.6 Å². The van der Waals surface area contributed by atoms with Crippen LogP contribution in [0.3, 0.4) is 0 Å². The van der Waals surface area contributed by atoms with Crippen molar-refractivity contribution >= 4 is 6.08 Å². The van der Waals surface area contributed by atoms with Crippen LogP contribution in [-0.4, -0.2) is 6.17 Å². The summed E-state index contributed by atoms with van der Waals surface area (Å²) in [6, 6.07) is 8.92. The second-order valence-electron chi connectivity index (χ2n) is 7.07. The quantitative estimate of drug-likeness (QED) is 0.415. The Labute approximate surface area is 142 Å². The zero-order valence-corrected chi connectivity index (χ0v) is 14.8. The second kappa shape index (κ2) is 10.6. The summed E-state index contributed by atoms with van der Waals surface area (Å²) >= 11 is 0. The van der Waals surface area contributed by atoms with Gasteiger partial charge in [0.1, 0.15) is 6.17 Å². The Morgan fingerprint density at radius 2 is 1.57 bits per heavy atom. The maximum Gasteiger partial charge on any atom is 0.100 e. The van der Waals surface area contributed by atoms with E-state index in [-0.39, 0.29) is 0 Å². The molecule has 23 heavy (non-hydrogen) atoms. The van der Waals surface area contributed by atoms with Crippen molar-refractivity contribution in [3.05, 3.63) is 41.5 Å². The molecular weight excluding hydrogens is 283 g/mol. The first-order chi connectivity index (χ1) is 11.3. The number of hydrogen-bond donors (Lipinski definition) is 0. The van der Waals surface area contributed by atoms with Crippen LogP contribution in [0.2, 0.25) is 0 Å². The minimum atomic E-state index is -0.560. The minimum absolute atomic E-state index is 0.560. The predicted molar refractivity (Wildman–Crippen MR) is 99.6 cm³/mol. The van der Waals surface area contributed by atoms with E-state index in [1.807, 2.05) is 0 Å². The molecular formula is C22H33F. The SMILES string of the molecule is CCCCCCCCC=Cc1ccc(C2CCC(F)CC2)cc1. The Bertz CT molecular complexity index is 438. The van der Waals surface area contributed by atoms with Crippen molar-refractivity contribution in [1.82, 2.24) is 0 Å². The predicted octanol–water partition coefficient (Wildman–Crippen LogP) is 7.45. The van der Waals surface area contributed by atoms with Crippen molar-refractivity contribution in [3.8, 4) is 0 Å². The van der Waals surface area contributed by atoms with Crippen LogP contribution in [0.25, 0.3) is 6.08 Å². The van der Waals surface area contributed by atoms with Crippen molar-refractivity contribution < 1.29 is 4.39 Å². The number of hydrogen-bond acceptors (Lipinski definition) is 0. The van der Waals surface area contributed by atoms with Crippen LogP contribution in [-0.2, 0) is 0 Å². The highest BCUT2D eigenvalue weighted by atomic mass is 19.1. The van der Waals surface area contributed by atoms with Crippen LogP contribution < -0.4 is 0 Å². The molecule has 0 bridgehead atoms. The fourth-order valence-corrected chi connectivity index (χ4v) is 3.53. The summed E-state index contributed by atoms with van der Waals surface area (Å²) in [4.78, 5) is 0. The van der Waals surface area contributed by atoms with E-state index in [0.29, 0.717) is 5.92 Å². The van der Waals surface area contributed by atoms with Gasteiger partial charge in [0, 0.05) is 0 Å². The van der Waals surface area contributed by atoms with Crippen molar-refractivity contribution in [3.63, 3.8) is 0 Å². The number of allylic oxidation sites excluding steroid dienone is 1. The molecule has 1 aliphatic carbocycles. The van der Waals surface area contributed by atoms with E-state index in [9.17, 15) is 4.39 Å². The third-order valence-electron chi connectivity index (χ3n) is 5.10. The molecule has 1 aliphatic rings. The van der Waals surface area contributed by atoms with Crippen LogP contribution in [0.15, 0.2) is 30.3 Å². The molecule has 0 heterocycles. The van der Waals surface area contributed by atoms with Crippen LogP contribution in [0, 0.1) is 0 Å². The zero-order valence-electron chi connectivity index (χ0n) is 14.8. The van der Waals surface area contributed by atoms with Crippen LogP contribution in [0.4, 0.5) is 4.39 Å². The average Bonchev–Trinajstić information content (AvgIpc) is 2.59. The van der Waals surface area contributed by atoms with E-state index in [0.717, 1.165) is 25.7 Å². The molecule has 0 N–H and O–H groups in total.